The van der Waals surface area contributed by atoms with Crippen LogP contribution < -0.4 is 10.1 Å². The molecule has 2 aromatic heterocycles. The summed E-state index contributed by atoms with van der Waals surface area (Å²) in [5.74, 6) is 1.53. The normalized spacial score (nSPS) is 14.4. The number of amides is 1. The summed E-state index contributed by atoms with van der Waals surface area (Å²) >= 11 is 2.88. The van der Waals surface area contributed by atoms with Crippen LogP contribution in [-0.2, 0) is 24.7 Å². The molecule has 7 nitrogen and oxygen atoms in total. The van der Waals surface area contributed by atoms with Gasteiger partial charge in [-0.2, -0.15) is 5.26 Å². The van der Waals surface area contributed by atoms with E-state index in [0.717, 1.165) is 48.1 Å². The lowest BCUT2D eigenvalue weighted by atomic mass is 9.97. The third-order valence-electron chi connectivity index (χ3n) is 6.11. The second kappa shape index (κ2) is 11.3. The van der Waals surface area contributed by atoms with Crippen LogP contribution in [-0.4, -0.2) is 26.4 Å². The number of aryl methyl sites for hydroxylation is 3. The number of thioether (sulfide) groups is 1. The number of thiophene rings is 1. The summed E-state index contributed by atoms with van der Waals surface area (Å²) in [6.07, 6.45) is 6.29. The lowest BCUT2D eigenvalue weighted by Gasteiger charge is -2.15. The summed E-state index contributed by atoms with van der Waals surface area (Å²) in [7, 11) is 1.88. The van der Waals surface area contributed by atoms with Crippen LogP contribution in [0.15, 0.2) is 23.4 Å². The second-order valence-corrected chi connectivity index (χ2v) is 11.1. The third kappa shape index (κ3) is 6.06. The average molecular weight is 510 g/mol. The molecule has 1 N–H and O–H groups in total. The van der Waals surface area contributed by atoms with Gasteiger partial charge in [-0.3, -0.25) is 4.79 Å². The third-order valence-corrected chi connectivity index (χ3v) is 8.34. The number of hydrogen-bond donors (Lipinski definition) is 1. The number of carbonyl (C=O) groups excluding carboxylic acids is 1. The predicted octanol–water partition coefficient (Wildman–Crippen LogP) is 5.89. The molecule has 0 saturated carbocycles. The first-order chi connectivity index (χ1) is 16.9. The summed E-state index contributed by atoms with van der Waals surface area (Å²) in [6.45, 7) is 6.02. The summed E-state index contributed by atoms with van der Waals surface area (Å²) in [5, 5.41) is 22.6. The number of nitrogens with zero attached hydrogens (tertiary/aromatic N) is 4. The average Bonchev–Trinajstić information content (AvgIpc) is 3.30. The van der Waals surface area contributed by atoms with Crippen LogP contribution >= 0.6 is 23.1 Å². The highest BCUT2D eigenvalue weighted by Crippen LogP contribution is 2.36. The molecule has 2 heterocycles. The number of aromatic nitrogens is 3. The van der Waals surface area contributed by atoms with E-state index in [9.17, 15) is 10.1 Å². The van der Waals surface area contributed by atoms with E-state index < -0.39 is 0 Å². The fourth-order valence-electron chi connectivity index (χ4n) is 4.48. The maximum Gasteiger partial charge on any atom is 0.235 e. The molecule has 1 atom stereocenters. The zero-order valence-electron chi connectivity index (χ0n) is 20.7. The Labute approximate surface area is 214 Å². The molecule has 4 rings (SSSR count). The molecule has 1 unspecified atom stereocenters. The molecule has 1 aromatic carbocycles. The monoisotopic (exact) mass is 509 g/mol. The van der Waals surface area contributed by atoms with Gasteiger partial charge in [0, 0.05) is 11.9 Å². The number of hydrogen-bond acceptors (Lipinski definition) is 7. The minimum atomic E-state index is -0.291. The van der Waals surface area contributed by atoms with E-state index in [-0.39, 0.29) is 17.8 Å². The Hall–Kier alpha value is -2.83. The van der Waals surface area contributed by atoms with E-state index in [0.29, 0.717) is 21.5 Å². The van der Waals surface area contributed by atoms with Crippen molar-refractivity contribution in [3.8, 4) is 11.8 Å². The highest BCUT2D eigenvalue weighted by Gasteiger charge is 2.22. The summed E-state index contributed by atoms with van der Waals surface area (Å²) in [5.41, 5.74) is 4.06. The maximum atomic E-state index is 12.7. The molecule has 0 fully saturated rings. The second-order valence-electron chi connectivity index (χ2n) is 9.05. The van der Waals surface area contributed by atoms with Gasteiger partial charge in [-0.15, -0.1) is 21.5 Å². The summed E-state index contributed by atoms with van der Waals surface area (Å²) < 4.78 is 7.97. The molecule has 1 amide bonds. The van der Waals surface area contributed by atoms with Gasteiger partial charge in [0.1, 0.15) is 16.8 Å². The van der Waals surface area contributed by atoms with Gasteiger partial charge in [-0.05, 0) is 75.3 Å². The Balaban J connectivity index is 1.38. The van der Waals surface area contributed by atoms with Crippen molar-refractivity contribution in [3.63, 3.8) is 0 Å². The van der Waals surface area contributed by atoms with Gasteiger partial charge < -0.3 is 14.6 Å². The van der Waals surface area contributed by atoms with Crippen molar-refractivity contribution in [2.45, 2.75) is 70.6 Å². The zero-order valence-corrected chi connectivity index (χ0v) is 22.3. The fourth-order valence-corrected chi connectivity index (χ4v) is 6.46. The Kier molecular flexibility index (Phi) is 8.14. The topological polar surface area (TPSA) is 92.8 Å². The van der Waals surface area contributed by atoms with E-state index in [1.54, 1.807) is 11.3 Å². The van der Waals surface area contributed by atoms with E-state index in [2.05, 4.69) is 27.6 Å². The molecule has 0 aliphatic heterocycles. The molecule has 0 saturated heterocycles. The quantitative estimate of drug-likeness (QED) is 0.399. The maximum absolute atomic E-state index is 12.7. The number of rotatable bonds is 7. The van der Waals surface area contributed by atoms with Gasteiger partial charge in [0.25, 0.3) is 0 Å². The Morgan fingerprint density at radius 3 is 2.63 bits per heavy atom. The molecule has 3 aromatic rings. The lowest BCUT2D eigenvalue weighted by molar-refractivity contribution is -0.113. The van der Waals surface area contributed by atoms with Crippen molar-refractivity contribution >= 4 is 34.0 Å². The van der Waals surface area contributed by atoms with Crippen LogP contribution in [0.5, 0.6) is 5.75 Å². The Morgan fingerprint density at radius 1 is 1.20 bits per heavy atom. The number of fused-ring (bicyclic) bond motifs is 1. The number of carbonyl (C=O) groups is 1. The minimum Gasteiger partial charge on any atom is -0.483 e. The van der Waals surface area contributed by atoms with Crippen molar-refractivity contribution in [3.05, 3.63) is 51.2 Å². The van der Waals surface area contributed by atoms with Crippen molar-refractivity contribution < 1.29 is 9.53 Å². The van der Waals surface area contributed by atoms with Gasteiger partial charge in [-0.1, -0.05) is 30.7 Å². The Morgan fingerprint density at radius 2 is 1.91 bits per heavy atom. The van der Waals surface area contributed by atoms with Crippen LogP contribution in [0, 0.1) is 25.2 Å². The van der Waals surface area contributed by atoms with E-state index >= 15 is 0 Å². The number of benzene rings is 1. The van der Waals surface area contributed by atoms with E-state index in [4.69, 9.17) is 4.74 Å². The van der Waals surface area contributed by atoms with Crippen LogP contribution in [0.25, 0.3) is 0 Å². The fraction of sp³-hybridized carbons (Fsp3) is 0.462. The van der Waals surface area contributed by atoms with Crippen molar-refractivity contribution in [2.75, 3.05) is 11.1 Å². The Bertz CT molecular complexity index is 1240. The molecular weight excluding hydrogens is 478 g/mol. The van der Waals surface area contributed by atoms with Crippen LogP contribution in [0.4, 0.5) is 5.00 Å². The van der Waals surface area contributed by atoms with Crippen molar-refractivity contribution in [1.29, 1.82) is 5.26 Å². The van der Waals surface area contributed by atoms with Gasteiger partial charge in [0.2, 0.25) is 5.91 Å². The molecule has 0 bridgehead atoms. The SMILES string of the molecule is Cc1cc(C)cc(OC(C)c2nnc(SCC(=O)Nc3sc4c(c3C#N)CCCCCC4)n2C)c1. The molecule has 0 spiro atoms. The minimum absolute atomic E-state index is 0.148. The van der Waals surface area contributed by atoms with Gasteiger partial charge in [0.05, 0.1) is 11.3 Å². The van der Waals surface area contributed by atoms with E-state index in [1.807, 2.05) is 44.5 Å². The highest BCUT2D eigenvalue weighted by molar-refractivity contribution is 7.99. The summed E-state index contributed by atoms with van der Waals surface area (Å²) in [4.78, 5) is 14.0. The molecule has 184 valence electrons. The van der Waals surface area contributed by atoms with Crippen LogP contribution in [0.3, 0.4) is 0 Å². The first-order valence-corrected chi connectivity index (χ1v) is 13.8. The van der Waals surface area contributed by atoms with Crippen molar-refractivity contribution in [2.24, 2.45) is 7.05 Å². The standard InChI is InChI=1S/C26H31N5O2S2/c1-16-11-17(2)13-19(12-16)33-18(3)24-29-30-26(31(24)4)34-15-23(32)28-25-21(14-27)20-9-7-5-6-8-10-22(20)35-25/h11-13,18H,5-10,15H2,1-4H3,(H,28,32). The van der Waals surface area contributed by atoms with Gasteiger partial charge in [0.15, 0.2) is 17.1 Å². The number of anilines is 1. The first-order valence-electron chi connectivity index (χ1n) is 12.0. The smallest absolute Gasteiger partial charge is 0.235 e. The van der Waals surface area contributed by atoms with Gasteiger partial charge in [-0.25, -0.2) is 0 Å². The summed E-state index contributed by atoms with van der Waals surface area (Å²) in [6, 6.07) is 8.44. The van der Waals surface area contributed by atoms with E-state index in [1.165, 1.54) is 29.5 Å². The van der Waals surface area contributed by atoms with Crippen LogP contribution in [0.2, 0.25) is 0 Å². The molecule has 1 aliphatic carbocycles. The number of ether oxygens (including phenoxy) is 1. The molecular formula is C26H31N5O2S2. The number of nitrogens with one attached hydrogen (secondary N) is 1. The van der Waals surface area contributed by atoms with Gasteiger partial charge >= 0.3 is 0 Å². The molecule has 9 heteroatoms. The highest BCUT2D eigenvalue weighted by atomic mass is 32.2. The number of nitriles is 1. The van der Waals surface area contributed by atoms with Crippen LogP contribution in [0.1, 0.15) is 71.7 Å². The molecule has 1 aliphatic rings. The lowest BCUT2D eigenvalue weighted by Crippen LogP contribution is -2.15. The van der Waals surface area contributed by atoms with Crippen molar-refractivity contribution in [1.82, 2.24) is 14.8 Å². The zero-order chi connectivity index (χ0) is 24.9. The molecule has 35 heavy (non-hydrogen) atoms. The first kappa shape index (κ1) is 25.3. The predicted molar refractivity (Wildman–Crippen MR) is 140 cm³/mol. The molecule has 0 radical (unpaired) electrons. The largest absolute Gasteiger partial charge is 0.483 e.